The van der Waals surface area contributed by atoms with Crippen LogP contribution in [0.3, 0.4) is 0 Å². The highest BCUT2D eigenvalue weighted by Crippen LogP contribution is 2.08. The van der Waals surface area contributed by atoms with Crippen LogP contribution in [-0.4, -0.2) is 0 Å². The Bertz CT molecular complexity index is 583. The Morgan fingerprint density at radius 3 is 2.06 bits per heavy atom. The lowest BCUT2D eigenvalue weighted by Gasteiger charge is -1.96. The fourth-order valence-corrected chi connectivity index (χ4v) is 1.45. The van der Waals surface area contributed by atoms with E-state index in [0.717, 1.165) is 5.56 Å². The van der Waals surface area contributed by atoms with Gasteiger partial charge in [-0.1, -0.05) is 35.6 Å². The van der Waals surface area contributed by atoms with E-state index in [0.29, 0.717) is 11.1 Å². The molecule has 0 amide bonds. The van der Waals surface area contributed by atoms with Gasteiger partial charge in [0, 0.05) is 11.1 Å². The zero-order chi connectivity index (χ0) is 12.3. The van der Waals surface area contributed by atoms with E-state index in [1.807, 2.05) is 37.3 Å². The van der Waals surface area contributed by atoms with Crippen LogP contribution in [0.2, 0.25) is 0 Å². The quantitative estimate of drug-likeness (QED) is 0.596. The third-order valence-electron chi connectivity index (χ3n) is 2.57. The van der Waals surface area contributed by atoms with Crippen molar-refractivity contribution in [2.45, 2.75) is 13.8 Å². The topological polar surface area (TPSA) is 0 Å². The molecule has 0 unspecified atom stereocenters. The first kappa shape index (κ1) is 11.4. The molecule has 0 aliphatic heterocycles. The van der Waals surface area contributed by atoms with Crippen molar-refractivity contribution in [3.63, 3.8) is 0 Å². The molecule has 0 aliphatic rings. The van der Waals surface area contributed by atoms with Crippen LogP contribution in [0.5, 0.6) is 0 Å². The smallest absolute Gasteiger partial charge is 0.127 e. The van der Waals surface area contributed by atoms with Crippen LogP contribution in [0.25, 0.3) is 0 Å². The Morgan fingerprint density at radius 1 is 0.824 bits per heavy atom. The largest absolute Gasteiger partial charge is 0.207 e. The maximum atomic E-state index is 13.3. The van der Waals surface area contributed by atoms with Gasteiger partial charge in [-0.3, -0.25) is 0 Å². The predicted octanol–water partition coefficient (Wildman–Crippen LogP) is 3.84. The van der Waals surface area contributed by atoms with Gasteiger partial charge in [0.25, 0.3) is 0 Å². The summed E-state index contributed by atoms with van der Waals surface area (Å²) in [6.07, 6.45) is 0. The fraction of sp³-hybridized carbons (Fsp3) is 0.125. The maximum Gasteiger partial charge on any atom is 0.127 e. The van der Waals surface area contributed by atoms with Crippen molar-refractivity contribution in [1.82, 2.24) is 0 Å². The first-order chi connectivity index (χ1) is 8.15. The van der Waals surface area contributed by atoms with Gasteiger partial charge >= 0.3 is 0 Å². The highest BCUT2D eigenvalue weighted by Gasteiger charge is 1.96. The second kappa shape index (κ2) is 4.84. The normalized spacial score (nSPS) is 9.59. The SMILES string of the molecule is Cc1ccc(C#Cc2ccc(C)c(F)c2)cc1. The molecule has 0 nitrogen and oxygen atoms in total. The molecular weight excluding hydrogens is 211 g/mol. The Balaban J connectivity index is 2.26. The van der Waals surface area contributed by atoms with Crippen LogP contribution in [0, 0.1) is 31.5 Å². The van der Waals surface area contributed by atoms with Crippen molar-refractivity contribution in [1.29, 1.82) is 0 Å². The van der Waals surface area contributed by atoms with Gasteiger partial charge in [0.15, 0.2) is 0 Å². The summed E-state index contributed by atoms with van der Waals surface area (Å²) in [7, 11) is 0. The summed E-state index contributed by atoms with van der Waals surface area (Å²) >= 11 is 0. The molecule has 0 heterocycles. The first-order valence-corrected chi connectivity index (χ1v) is 5.50. The molecule has 0 fully saturated rings. The predicted molar refractivity (Wildman–Crippen MR) is 68.3 cm³/mol. The van der Waals surface area contributed by atoms with Gasteiger partial charge in [-0.2, -0.15) is 0 Å². The van der Waals surface area contributed by atoms with Crippen molar-refractivity contribution < 1.29 is 4.39 Å². The van der Waals surface area contributed by atoms with Crippen LogP contribution in [0.4, 0.5) is 4.39 Å². The third-order valence-corrected chi connectivity index (χ3v) is 2.57. The molecule has 0 atom stereocenters. The highest BCUT2D eigenvalue weighted by molar-refractivity contribution is 5.44. The van der Waals surface area contributed by atoms with E-state index in [1.54, 1.807) is 13.0 Å². The first-order valence-electron chi connectivity index (χ1n) is 5.50. The van der Waals surface area contributed by atoms with Crippen LogP contribution >= 0.6 is 0 Å². The minimum absolute atomic E-state index is 0.208. The van der Waals surface area contributed by atoms with Gasteiger partial charge in [-0.15, -0.1) is 0 Å². The van der Waals surface area contributed by atoms with E-state index in [9.17, 15) is 4.39 Å². The zero-order valence-electron chi connectivity index (χ0n) is 9.92. The Kier molecular flexibility index (Phi) is 3.25. The van der Waals surface area contributed by atoms with Gasteiger partial charge in [0.2, 0.25) is 0 Å². The average molecular weight is 224 g/mol. The molecule has 17 heavy (non-hydrogen) atoms. The van der Waals surface area contributed by atoms with Crippen LogP contribution in [0.1, 0.15) is 22.3 Å². The second-order valence-corrected chi connectivity index (χ2v) is 4.08. The molecule has 0 spiro atoms. The summed E-state index contributed by atoms with van der Waals surface area (Å²) in [4.78, 5) is 0. The molecule has 2 aromatic rings. The fourth-order valence-electron chi connectivity index (χ4n) is 1.45. The highest BCUT2D eigenvalue weighted by atomic mass is 19.1. The summed E-state index contributed by atoms with van der Waals surface area (Å²) in [5.74, 6) is 5.77. The van der Waals surface area contributed by atoms with Crippen molar-refractivity contribution >= 4 is 0 Å². The van der Waals surface area contributed by atoms with E-state index >= 15 is 0 Å². The third kappa shape index (κ3) is 2.95. The van der Waals surface area contributed by atoms with Gasteiger partial charge in [0.05, 0.1) is 0 Å². The lowest BCUT2D eigenvalue weighted by atomic mass is 10.1. The van der Waals surface area contributed by atoms with Crippen molar-refractivity contribution in [2.75, 3.05) is 0 Å². The van der Waals surface area contributed by atoms with E-state index in [-0.39, 0.29) is 5.82 Å². The summed E-state index contributed by atoms with van der Waals surface area (Å²) in [5.41, 5.74) is 3.49. The molecule has 0 aromatic heterocycles. The van der Waals surface area contributed by atoms with E-state index < -0.39 is 0 Å². The van der Waals surface area contributed by atoms with Gasteiger partial charge in [-0.25, -0.2) is 4.39 Å². The number of halogens is 1. The minimum Gasteiger partial charge on any atom is -0.207 e. The summed E-state index contributed by atoms with van der Waals surface area (Å²) < 4.78 is 13.3. The second-order valence-electron chi connectivity index (χ2n) is 4.08. The zero-order valence-corrected chi connectivity index (χ0v) is 9.92. The molecule has 0 aliphatic carbocycles. The molecule has 0 saturated carbocycles. The summed E-state index contributed by atoms with van der Waals surface area (Å²) in [5, 5.41) is 0. The molecule has 0 bridgehead atoms. The number of rotatable bonds is 0. The van der Waals surface area contributed by atoms with Gasteiger partial charge < -0.3 is 0 Å². The lowest BCUT2D eigenvalue weighted by molar-refractivity contribution is 0.618. The molecule has 84 valence electrons. The van der Waals surface area contributed by atoms with Crippen LogP contribution in [0.15, 0.2) is 42.5 Å². The van der Waals surface area contributed by atoms with Crippen molar-refractivity contribution in [3.8, 4) is 11.8 Å². The molecule has 2 aromatic carbocycles. The molecule has 0 saturated heterocycles. The van der Waals surface area contributed by atoms with E-state index in [4.69, 9.17) is 0 Å². The minimum atomic E-state index is -0.208. The maximum absolute atomic E-state index is 13.3. The standard InChI is InChI=1S/C16H13F/c1-12-3-6-14(7-4-12)9-10-15-8-5-13(2)16(17)11-15/h3-8,11H,1-2H3. The average Bonchev–Trinajstić information content (AvgIpc) is 2.33. The molecule has 0 radical (unpaired) electrons. The monoisotopic (exact) mass is 224 g/mol. The molecule has 1 heteroatoms. The van der Waals surface area contributed by atoms with Crippen LogP contribution < -0.4 is 0 Å². The number of hydrogen-bond acceptors (Lipinski definition) is 0. The Hall–Kier alpha value is -2.07. The molecule has 0 N–H and O–H groups in total. The summed E-state index contributed by atoms with van der Waals surface area (Å²) in [6, 6.07) is 13.0. The molecular formula is C16H13F. The van der Waals surface area contributed by atoms with Crippen molar-refractivity contribution in [2.24, 2.45) is 0 Å². The Labute approximate surface area is 101 Å². The van der Waals surface area contributed by atoms with Crippen LogP contribution in [-0.2, 0) is 0 Å². The van der Waals surface area contributed by atoms with Crippen molar-refractivity contribution in [3.05, 3.63) is 70.5 Å². The number of hydrogen-bond donors (Lipinski definition) is 0. The summed E-state index contributed by atoms with van der Waals surface area (Å²) in [6.45, 7) is 3.78. The van der Waals surface area contributed by atoms with E-state index in [1.165, 1.54) is 11.6 Å². The van der Waals surface area contributed by atoms with Gasteiger partial charge in [0.1, 0.15) is 5.82 Å². The Morgan fingerprint density at radius 2 is 1.41 bits per heavy atom. The number of aryl methyl sites for hydroxylation is 2. The van der Waals surface area contributed by atoms with E-state index in [2.05, 4.69) is 11.8 Å². The lowest BCUT2D eigenvalue weighted by Crippen LogP contribution is -1.83. The van der Waals surface area contributed by atoms with Gasteiger partial charge in [-0.05, 0) is 43.7 Å². The molecule has 2 rings (SSSR count). The number of benzene rings is 2.